The van der Waals surface area contributed by atoms with Gasteiger partial charge in [-0.05, 0) is 305 Å². The molecule has 0 atom stereocenters. The summed E-state index contributed by atoms with van der Waals surface area (Å²) < 4.78 is 4.53. The molecule has 1 aliphatic carbocycles. The molecule has 6 aromatic carbocycles. The number of aryl methyl sites for hydroxylation is 6. The molecule has 4 N–H and O–H groups in total. The van der Waals surface area contributed by atoms with Crippen molar-refractivity contribution < 1.29 is 39.1 Å². The minimum absolute atomic E-state index is 0.0122. The van der Waals surface area contributed by atoms with E-state index >= 15 is 0 Å². The Balaban J connectivity index is 0.000000185. The highest BCUT2D eigenvalue weighted by atomic mass is 16.5. The fraction of sp³-hybridized carbons (Fsp3) is 0.239. The number of hydrogen-bond donors (Lipinski definition) is 4. The number of hydrogen-bond acceptors (Lipinski definition) is 26. The van der Waals surface area contributed by atoms with Gasteiger partial charge < -0.3 is 71.4 Å². The van der Waals surface area contributed by atoms with Gasteiger partial charge in [0, 0.05) is 144 Å². The van der Waals surface area contributed by atoms with Crippen LogP contribution in [0.1, 0.15) is 72.5 Å². The number of nitrogens with zero attached hydrogens (tertiary/aromatic N) is 23. The third kappa shape index (κ3) is 29.1. The smallest absolute Gasteiger partial charge is 0.353 e. The molecular weight excluding hydrogens is 1570 g/mol. The number of fused-ring (bicyclic) bond motifs is 1. The summed E-state index contributed by atoms with van der Waals surface area (Å²) in [6, 6.07) is 69.9. The summed E-state index contributed by atoms with van der Waals surface area (Å²) in [6.07, 6.45) is 9.24. The fourth-order valence-electron chi connectivity index (χ4n) is 11.6. The zero-order chi connectivity index (χ0) is 89.6. The van der Waals surface area contributed by atoms with Crippen molar-refractivity contribution in [3.05, 3.63) is 344 Å². The molecule has 12 aromatic rings. The van der Waals surface area contributed by atoms with Crippen molar-refractivity contribution >= 4 is 97.4 Å². The number of nitrogens with one attached hydrogen (secondary N) is 1. The van der Waals surface area contributed by atoms with Gasteiger partial charge in [0.1, 0.15) is 39.8 Å². The predicted molar refractivity (Wildman–Crippen MR) is 487 cm³/mol. The van der Waals surface area contributed by atoms with Crippen molar-refractivity contribution in [1.82, 2.24) is 4.73 Å². The van der Waals surface area contributed by atoms with E-state index in [9.17, 15) is 31.2 Å². The first-order valence-electron chi connectivity index (χ1n) is 40.0. The highest BCUT2D eigenvalue weighted by molar-refractivity contribution is 6.24. The van der Waals surface area contributed by atoms with E-state index in [2.05, 4.69) is 98.8 Å². The van der Waals surface area contributed by atoms with Gasteiger partial charge in [-0.1, -0.05) is 24.3 Å². The minimum atomic E-state index is 0.0122. The van der Waals surface area contributed by atoms with Crippen LogP contribution in [0.5, 0.6) is 0 Å². The van der Waals surface area contributed by atoms with E-state index in [-0.39, 0.29) is 30.7 Å². The van der Waals surface area contributed by atoms with Crippen LogP contribution in [0.3, 0.4) is 0 Å². The van der Waals surface area contributed by atoms with E-state index in [0.29, 0.717) is 84.3 Å². The third-order valence-electron chi connectivity index (χ3n) is 18.6. The Morgan fingerprint density at radius 1 is 0.347 bits per heavy atom. The summed E-state index contributed by atoms with van der Waals surface area (Å²) in [5.74, 6) is 1.40. The molecule has 1 aliphatic rings. The van der Waals surface area contributed by atoms with Gasteiger partial charge in [-0.25, -0.2) is 23.7 Å². The van der Waals surface area contributed by atoms with Crippen molar-refractivity contribution in [1.29, 1.82) is 5.41 Å². The molecule has 32 heteroatoms. The zero-order valence-corrected chi connectivity index (χ0v) is 72.2. The number of azo groups is 5. The van der Waals surface area contributed by atoms with Crippen molar-refractivity contribution in [3.8, 4) is 0 Å². The van der Waals surface area contributed by atoms with Gasteiger partial charge in [-0.2, -0.15) is 4.73 Å². The van der Waals surface area contributed by atoms with Gasteiger partial charge in [0.2, 0.25) is 0 Å². The second-order valence-electron chi connectivity index (χ2n) is 28.2. The van der Waals surface area contributed by atoms with Gasteiger partial charge in [0.15, 0.2) is 5.49 Å². The van der Waals surface area contributed by atoms with E-state index < -0.39 is 0 Å². The van der Waals surface area contributed by atoms with Crippen LogP contribution < -0.4 is 53.6 Å². The van der Waals surface area contributed by atoms with Crippen molar-refractivity contribution in [2.75, 3.05) is 105 Å². The summed E-state index contributed by atoms with van der Waals surface area (Å²) in [4.78, 5) is 10.4. The number of aliphatic hydroxyl groups is 2. The van der Waals surface area contributed by atoms with Crippen LogP contribution in [-0.2, 0) is 0 Å². The predicted octanol–water partition coefficient (Wildman–Crippen LogP) is 18.1. The van der Waals surface area contributed by atoms with E-state index in [4.69, 9.17) is 15.6 Å². The Hall–Kier alpha value is -15.2. The normalized spacial score (nSPS) is 11.9. The van der Waals surface area contributed by atoms with Gasteiger partial charge in [-0.3, -0.25) is 0 Å². The summed E-state index contributed by atoms with van der Waals surface area (Å²) in [7, 11) is 7.90. The Morgan fingerprint density at radius 3 is 1.01 bits per heavy atom. The summed E-state index contributed by atoms with van der Waals surface area (Å²) >= 11 is 0. The van der Waals surface area contributed by atoms with Crippen molar-refractivity contribution in [2.24, 2.45) is 61.3 Å². The lowest BCUT2D eigenvalue weighted by molar-refractivity contribution is -0.599. The Labute approximate surface area is 722 Å². The average molecular weight is 1680 g/mol. The molecule has 0 spiro atoms. The molecule has 124 heavy (non-hydrogen) atoms. The van der Waals surface area contributed by atoms with Crippen LogP contribution in [0.25, 0.3) is 0 Å². The Morgan fingerprint density at radius 2 is 0.669 bits per heavy atom. The SMILES string of the molecule is CCN(CC)c1ccc(N=Nc2cc(C)cc[n+]2[O-])cc1.CCN(CC)c1ccc(N=Nc2cccc(C)[n+]2[O-])cc1.Cc1cc[n+]([O-])c(N=Nc2ccc(N(C)C)cc2)c1.Cc1cc[n+]([O-])c(N=Nc2ccc(N(CCO)CCO)cc2)c1.Cc1cccc(N=Nc2ccc(N(C)C)cc2)[n+]1[O-].Cc1ccn(O)c(=NN=C2C=CC(=N)c3ccccc32)c1. The van der Waals surface area contributed by atoms with Crippen molar-refractivity contribution in [2.45, 2.75) is 69.2 Å². The number of pyridine rings is 6. The molecule has 0 amide bonds. The number of benzene rings is 6. The molecule has 0 saturated heterocycles. The van der Waals surface area contributed by atoms with E-state index in [1.54, 1.807) is 123 Å². The van der Waals surface area contributed by atoms with Gasteiger partial charge in [-0.15, -0.1) is 10.2 Å². The van der Waals surface area contributed by atoms with Crippen LogP contribution in [0.15, 0.2) is 329 Å². The number of aromatic nitrogens is 6. The standard InChI is InChI=1S/C16H20N4O3.C16H14N4O.2C16H20N4O.2C14H16N4O/c1-13-6-7-20(23)16(12-13)18-17-14-2-4-15(5-3-14)19(8-10-21)9-11-22;1-11-8-9-20(21)16(10-11)19-18-15-7-6-14(17)12-4-2-3-5-13(12)15;1-4-19(5-2)15-8-6-14(7-9-15)17-18-16-12-13(3)10-11-20(16)21;1-4-19(5-2)15-11-9-14(10-12-15)17-18-16-8-6-7-13(3)20(16)21;1-11-8-9-18(19)14(10-11)16-15-12-4-6-13(7-5-12)17(2)3;1-11-5-4-6-14(18(11)19)16-15-12-7-9-13(10-8-12)17(2)3/h2-7,12,21-22H,8-11H2,1H3;2-10,17,21H,1H3;2*6-12H,4-5H2,1-3H3;2*4-10H,1-3H3. The largest absolute Gasteiger partial charge is 0.710 e. The lowest BCUT2D eigenvalue weighted by Crippen LogP contribution is -2.29. The van der Waals surface area contributed by atoms with Crippen LogP contribution in [0.2, 0.25) is 0 Å². The third-order valence-corrected chi connectivity index (χ3v) is 18.6. The number of aliphatic hydroxyl groups excluding tert-OH is 2. The molecule has 0 bridgehead atoms. The molecule has 32 nitrogen and oxygen atoms in total. The van der Waals surface area contributed by atoms with Crippen LogP contribution >= 0.6 is 0 Å². The molecule has 0 radical (unpaired) electrons. The number of anilines is 5. The maximum Gasteiger partial charge on any atom is 0.353 e. The molecule has 0 fully saturated rings. The van der Waals surface area contributed by atoms with Gasteiger partial charge in [0.25, 0.3) is 0 Å². The monoisotopic (exact) mass is 1670 g/mol. The second-order valence-corrected chi connectivity index (χ2v) is 28.2. The topological polar surface area (TPSA) is 389 Å². The van der Waals surface area contributed by atoms with E-state index in [0.717, 1.165) is 114 Å². The van der Waals surface area contributed by atoms with Gasteiger partial charge >= 0.3 is 29.1 Å². The van der Waals surface area contributed by atoms with Crippen molar-refractivity contribution in [3.63, 3.8) is 0 Å². The Bertz CT molecular complexity index is 5610. The summed E-state index contributed by atoms with van der Waals surface area (Å²) in [5, 5.41) is 142. The number of allylic oxidation sites excluding steroid dienone is 2. The highest BCUT2D eigenvalue weighted by Gasteiger charge is 2.16. The molecule has 6 aromatic heterocycles. The lowest BCUT2D eigenvalue weighted by atomic mass is 9.94. The minimum Gasteiger partial charge on any atom is -0.710 e. The average Bonchev–Trinajstić information content (AvgIpc) is 0.806. The molecule has 0 saturated carbocycles. The van der Waals surface area contributed by atoms with Crippen LogP contribution in [0, 0.1) is 73.0 Å². The van der Waals surface area contributed by atoms with E-state index in [1.165, 1.54) is 24.8 Å². The molecule has 642 valence electrons. The molecule has 13 rings (SSSR count). The fourth-order valence-corrected chi connectivity index (χ4v) is 11.6. The lowest BCUT2D eigenvalue weighted by Gasteiger charge is -2.22. The highest BCUT2D eigenvalue weighted by Crippen LogP contribution is 2.28. The first-order valence-corrected chi connectivity index (χ1v) is 40.0. The molecule has 0 aliphatic heterocycles. The molecular formula is C92H106N24O8. The molecule has 6 heterocycles. The first kappa shape index (κ1) is 94.3. The zero-order valence-electron chi connectivity index (χ0n) is 72.2. The van der Waals surface area contributed by atoms with E-state index in [1.807, 2.05) is 204 Å². The second kappa shape index (κ2) is 48.2. The maximum absolute atomic E-state index is 11.8. The quantitative estimate of drug-likeness (QED) is 0.0144. The van der Waals surface area contributed by atoms with Crippen LogP contribution in [0.4, 0.5) is 86.0 Å². The summed E-state index contributed by atoms with van der Waals surface area (Å²) in [6.45, 7) is 24.4. The van der Waals surface area contributed by atoms with Gasteiger partial charge in [0.05, 0.1) is 68.8 Å². The maximum atomic E-state index is 11.8. The first-order chi connectivity index (χ1) is 59.7. The Kier molecular flexibility index (Phi) is 36.6. The molecule has 0 unspecified atom stereocenters. The van der Waals surface area contributed by atoms with Crippen LogP contribution in [-0.4, -0.2) is 112 Å². The number of rotatable bonds is 24. The summed E-state index contributed by atoms with van der Waals surface area (Å²) in [5.41, 5.74) is 17.1.